The molecule has 2 aromatic heterocycles. The first kappa shape index (κ1) is 20.7. The Morgan fingerprint density at radius 1 is 1.17 bits per heavy atom. The number of H-pyrrole nitrogens is 2. The van der Waals surface area contributed by atoms with Crippen LogP contribution in [0.3, 0.4) is 0 Å². The number of aldehydes is 1. The smallest absolute Gasteiger partial charge is 0.258 e. The van der Waals surface area contributed by atoms with Gasteiger partial charge in [-0.05, 0) is 36.8 Å². The number of rotatable bonds is 8. The molecule has 29 heavy (non-hydrogen) atoms. The number of carbonyl (C=O) groups excluding carboxylic acids is 1. The molecule has 3 rings (SSSR count). The summed E-state index contributed by atoms with van der Waals surface area (Å²) in [7, 11) is 0. The van der Waals surface area contributed by atoms with Crippen LogP contribution in [0.25, 0.3) is 22.2 Å². The molecule has 0 aliphatic carbocycles. The van der Waals surface area contributed by atoms with E-state index in [1.54, 1.807) is 30.5 Å². The monoisotopic (exact) mass is 401 g/mol. The molecule has 0 saturated heterocycles. The van der Waals surface area contributed by atoms with E-state index in [0.717, 1.165) is 10.9 Å². The number of aryl methyl sites for hydroxylation is 1. The van der Waals surface area contributed by atoms with E-state index in [2.05, 4.69) is 15.3 Å². The molecule has 0 saturated carbocycles. The van der Waals surface area contributed by atoms with E-state index in [-0.39, 0.29) is 5.56 Å². The number of hydrogen-bond donors (Lipinski definition) is 7. The number of pyridine rings is 1. The van der Waals surface area contributed by atoms with Crippen molar-refractivity contribution in [2.75, 3.05) is 11.9 Å². The molecule has 0 aliphatic rings. The number of aromatic amines is 2. The van der Waals surface area contributed by atoms with Crippen molar-refractivity contribution in [1.29, 1.82) is 0 Å². The van der Waals surface area contributed by atoms with Crippen LogP contribution >= 0.6 is 0 Å². The highest BCUT2D eigenvalue weighted by atomic mass is 16.4. The van der Waals surface area contributed by atoms with Gasteiger partial charge in [-0.15, -0.1) is 0 Å². The number of aliphatic hydroxyl groups is 4. The number of carbonyl (C=O) groups is 1. The lowest BCUT2D eigenvalue weighted by Crippen LogP contribution is -2.49. The zero-order chi connectivity index (χ0) is 21.1. The summed E-state index contributed by atoms with van der Waals surface area (Å²) >= 11 is 0. The van der Waals surface area contributed by atoms with E-state index in [1.807, 2.05) is 13.0 Å². The Balaban J connectivity index is 1.93. The fourth-order valence-corrected chi connectivity index (χ4v) is 3.30. The minimum atomic E-state index is -1.71. The van der Waals surface area contributed by atoms with Gasteiger partial charge in [0.25, 0.3) is 5.56 Å². The second-order valence-electron chi connectivity index (χ2n) is 6.84. The molecule has 9 heteroatoms. The van der Waals surface area contributed by atoms with Crippen molar-refractivity contribution in [3.8, 4) is 11.3 Å². The van der Waals surface area contributed by atoms with Crippen molar-refractivity contribution < 1.29 is 25.2 Å². The Bertz CT molecular complexity index is 1050. The van der Waals surface area contributed by atoms with Gasteiger partial charge in [0.15, 0.2) is 0 Å². The maximum absolute atomic E-state index is 12.6. The van der Waals surface area contributed by atoms with Crippen molar-refractivity contribution in [3.05, 3.63) is 52.4 Å². The maximum Gasteiger partial charge on any atom is 0.258 e. The molecule has 0 unspecified atom stereocenters. The fraction of sp³-hybridized carbons (Fsp3) is 0.300. The van der Waals surface area contributed by atoms with Gasteiger partial charge in [0.2, 0.25) is 0 Å². The lowest BCUT2D eigenvalue weighted by molar-refractivity contribution is -0.117. The lowest BCUT2D eigenvalue weighted by atomic mass is 10.0. The first-order chi connectivity index (χ1) is 13.9. The molecule has 0 radical (unpaired) electrons. The van der Waals surface area contributed by atoms with Crippen LogP contribution in [-0.2, 0) is 4.79 Å². The van der Waals surface area contributed by atoms with Crippen molar-refractivity contribution in [2.45, 2.75) is 31.3 Å². The largest absolute Gasteiger partial charge is 0.394 e. The summed E-state index contributed by atoms with van der Waals surface area (Å²) in [4.78, 5) is 29.8. The summed E-state index contributed by atoms with van der Waals surface area (Å²) in [5, 5.41) is 41.9. The maximum atomic E-state index is 12.6. The molecule has 3 aromatic rings. The molecule has 154 valence electrons. The summed E-state index contributed by atoms with van der Waals surface area (Å²) < 4.78 is 0. The quantitative estimate of drug-likeness (QED) is 0.259. The summed E-state index contributed by atoms with van der Waals surface area (Å²) in [5.74, 6) is 0. The second-order valence-corrected chi connectivity index (χ2v) is 6.84. The molecule has 2 heterocycles. The Labute approximate surface area is 165 Å². The SMILES string of the molecule is Cc1c(-c2ccc[nH]2)c(=O)[nH]c2cc(N[C@H](C=O)[C@H](O)[C@@H](O)[C@@H](O)CO)ccc12. The van der Waals surface area contributed by atoms with E-state index in [9.17, 15) is 24.9 Å². The molecule has 0 amide bonds. The highest BCUT2D eigenvalue weighted by Crippen LogP contribution is 2.26. The normalized spacial score (nSPS) is 15.6. The van der Waals surface area contributed by atoms with Crippen molar-refractivity contribution in [2.24, 2.45) is 0 Å². The third-order valence-electron chi connectivity index (χ3n) is 4.92. The molecule has 0 aliphatic heterocycles. The minimum absolute atomic E-state index is 0.275. The van der Waals surface area contributed by atoms with Crippen LogP contribution < -0.4 is 10.9 Å². The predicted octanol–water partition coefficient (Wildman–Crippen LogP) is -0.114. The van der Waals surface area contributed by atoms with Crippen LogP contribution in [0.1, 0.15) is 5.56 Å². The molecular formula is C20H23N3O6. The van der Waals surface area contributed by atoms with Gasteiger partial charge in [-0.2, -0.15) is 0 Å². The third kappa shape index (κ3) is 4.08. The number of aromatic nitrogens is 2. The molecule has 0 fully saturated rings. The number of aliphatic hydroxyl groups excluding tert-OH is 4. The van der Waals surface area contributed by atoms with E-state index in [0.29, 0.717) is 28.7 Å². The Morgan fingerprint density at radius 2 is 1.93 bits per heavy atom. The van der Waals surface area contributed by atoms with Gasteiger partial charge in [0, 0.05) is 17.3 Å². The standard InChI is InChI=1S/C20H23N3O6/c1-10-12-5-4-11(22-15(8-24)18(27)19(28)16(26)9-25)7-14(12)23-20(29)17(10)13-3-2-6-21-13/h2-8,15-16,18-19,21-22,25-28H,9H2,1H3,(H,23,29)/t15-,16+,18+,19+/m1/s1. The van der Waals surface area contributed by atoms with Crippen LogP contribution in [0.15, 0.2) is 41.3 Å². The van der Waals surface area contributed by atoms with E-state index < -0.39 is 31.0 Å². The summed E-state index contributed by atoms with van der Waals surface area (Å²) in [6, 6.07) is 7.42. The van der Waals surface area contributed by atoms with Gasteiger partial charge in [-0.3, -0.25) is 4.79 Å². The number of benzene rings is 1. The Hall–Kier alpha value is -2.98. The van der Waals surface area contributed by atoms with Crippen molar-refractivity contribution in [3.63, 3.8) is 0 Å². The van der Waals surface area contributed by atoms with Gasteiger partial charge in [0.1, 0.15) is 30.6 Å². The topological polar surface area (TPSA) is 159 Å². The van der Waals surface area contributed by atoms with Crippen molar-refractivity contribution >= 4 is 22.9 Å². The number of fused-ring (bicyclic) bond motifs is 1. The Kier molecular flexibility index (Phi) is 6.14. The number of hydrogen-bond acceptors (Lipinski definition) is 7. The van der Waals surface area contributed by atoms with Crippen molar-refractivity contribution in [1.82, 2.24) is 9.97 Å². The molecule has 0 bridgehead atoms. The van der Waals surface area contributed by atoms with Gasteiger partial charge in [-0.25, -0.2) is 0 Å². The van der Waals surface area contributed by atoms with E-state index in [4.69, 9.17) is 5.11 Å². The summed E-state index contributed by atoms with van der Waals surface area (Å²) in [5.41, 5.74) is 2.69. The first-order valence-corrected chi connectivity index (χ1v) is 9.04. The number of anilines is 1. The average molecular weight is 401 g/mol. The van der Waals surface area contributed by atoms with Gasteiger partial charge >= 0.3 is 0 Å². The fourth-order valence-electron chi connectivity index (χ4n) is 3.30. The molecule has 4 atom stereocenters. The minimum Gasteiger partial charge on any atom is -0.394 e. The van der Waals surface area contributed by atoms with Gasteiger partial charge in [0.05, 0.1) is 23.4 Å². The molecule has 1 aromatic carbocycles. The molecule has 7 N–H and O–H groups in total. The van der Waals surface area contributed by atoms with Crippen LogP contribution in [0.5, 0.6) is 0 Å². The van der Waals surface area contributed by atoms with E-state index in [1.165, 1.54) is 0 Å². The predicted molar refractivity (Wildman–Crippen MR) is 108 cm³/mol. The molecule has 0 spiro atoms. The van der Waals surface area contributed by atoms with E-state index >= 15 is 0 Å². The average Bonchev–Trinajstić information content (AvgIpc) is 3.24. The summed E-state index contributed by atoms with van der Waals surface area (Å²) in [6.07, 6.45) is -2.82. The molecular weight excluding hydrogens is 378 g/mol. The zero-order valence-corrected chi connectivity index (χ0v) is 15.7. The van der Waals surface area contributed by atoms with Crippen LogP contribution in [-0.4, -0.2) is 67.6 Å². The van der Waals surface area contributed by atoms with Crippen LogP contribution in [0.4, 0.5) is 5.69 Å². The lowest BCUT2D eigenvalue weighted by Gasteiger charge is -2.27. The first-order valence-electron chi connectivity index (χ1n) is 9.04. The second kappa shape index (κ2) is 8.58. The van der Waals surface area contributed by atoms with Crippen LogP contribution in [0.2, 0.25) is 0 Å². The van der Waals surface area contributed by atoms with Gasteiger partial charge in [-0.1, -0.05) is 6.07 Å². The molecule has 9 nitrogen and oxygen atoms in total. The highest BCUT2D eigenvalue weighted by molar-refractivity contribution is 5.90. The number of nitrogens with one attached hydrogen (secondary N) is 3. The summed E-state index contributed by atoms with van der Waals surface area (Å²) in [6.45, 7) is 1.08. The highest BCUT2D eigenvalue weighted by Gasteiger charge is 2.31. The zero-order valence-electron chi connectivity index (χ0n) is 15.7. The van der Waals surface area contributed by atoms with Gasteiger partial charge < -0.3 is 40.5 Å². The van der Waals surface area contributed by atoms with Crippen LogP contribution in [0, 0.1) is 6.92 Å². The Morgan fingerprint density at radius 3 is 2.55 bits per heavy atom. The third-order valence-corrected chi connectivity index (χ3v) is 4.92.